The Morgan fingerprint density at radius 1 is 0.750 bits per heavy atom. The van der Waals surface area contributed by atoms with E-state index in [1.165, 1.54) is 51.4 Å². The second kappa shape index (κ2) is 11.7. The van der Waals surface area contributed by atoms with Crippen LogP contribution < -0.4 is 0 Å². The number of alkyl halides is 3. The van der Waals surface area contributed by atoms with Crippen molar-refractivity contribution < 1.29 is 22.0 Å². The lowest BCUT2D eigenvalue weighted by molar-refractivity contribution is -0.142. The summed E-state index contributed by atoms with van der Waals surface area (Å²) in [5.74, 6) is -0.693. The first-order valence-electron chi connectivity index (χ1n) is 12.5. The molecule has 32 heavy (non-hydrogen) atoms. The molecule has 2 saturated carbocycles. The van der Waals surface area contributed by atoms with Crippen molar-refractivity contribution in [3.05, 3.63) is 47.0 Å². The summed E-state index contributed by atoms with van der Waals surface area (Å²) in [6.07, 6.45) is 14.6. The molecule has 0 radical (unpaired) electrons. The van der Waals surface area contributed by atoms with Gasteiger partial charge in [0.15, 0.2) is 0 Å². The number of hydrogen-bond acceptors (Lipinski definition) is 0. The Labute approximate surface area is 189 Å². The molecule has 0 bridgehead atoms. The van der Waals surface area contributed by atoms with Gasteiger partial charge >= 0.3 is 6.18 Å². The zero-order chi connectivity index (χ0) is 23.1. The van der Waals surface area contributed by atoms with Crippen molar-refractivity contribution >= 4 is 0 Å². The van der Waals surface area contributed by atoms with E-state index in [9.17, 15) is 22.0 Å². The smallest absolute Gasteiger partial charge is 0.206 e. The summed E-state index contributed by atoms with van der Waals surface area (Å²) in [5.41, 5.74) is -1.40. The fourth-order valence-corrected chi connectivity index (χ4v) is 5.78. The van der Waals surface area contributed by atoms with Crippen LogP contribution in [0.1, 0.15) is 107 Å². The van der Waals surface area contributed by atoms with Crippen LogP contribution in [0, 0.1) is 29.4 Å². The predicted octanol–water partition coefficient (Wildman–Crippen LogP) is 9.59. The summed E-state index contributed by atoms with van der Waals surface area (Å²) in [5, 5.41) is 0. The van der Waals surface area contributed by atoms with Crippen LogP contribution in [0.2, 0.25) is 0 Å². The molecule has 0 aliphatic heterocycles. The van der Waals surface area contributed by atoms with Gasteiger partial charge < -0.3 is 0 Å². The molecule has 180 valence electrons. The van der Waals surface area contributed by atoms with Crippen LogP contribution >= 0.6 is 0 Å². The van der Waals surface area contributed by atoms with Crippen molar-refractivity contribution in [1.29, 1.82) is 0 Å². The van der Waals surface area contributed by atoms with E-state index in [0.717, 1.165) is 56.1 Å². The van der Waals surface area contributed by atoms with Gasteiger partial charge in [-0.05, 0) is 86.3 Å². The summed E-state index contributed by atoms with van der Waals surface area (Å²) in [4.78, 5) is 0. The van der Waals surface area contributed by atoms with Gasteiger partial charge in [-0.25, -0.2) is 8.78 Å². The van der Waals surface area contributed by atoms with Crippen molar-refractivity contribution in [2.75, 3.05) is 0 Å². The van der Waals surface area contributed by atoms with Gasteiger partial charge in [0.2, 0.25) is 0 Å². The van der Waals surface area contributed by atoms with E-state index in [1.54, 1.807) is 0 Å². The Hall–Kier alpha value is -1.39. The molecule has 0 N–H and O–H groups in total. The largest absolute Gasteiger partial charge is 0.422 e. The fraction of sp³-hybridized carbons (Fsp3) is 0.704. The molecule has 0 nitrogen and oxygen atoms in total. The van der Waals surface area contributed by atoms with Gasteiger partial charge in [-0.3, -0.25) is 0 Å². The third kappa shape index (κ3) is 7.05. The number of allylic oxidation sites excluding steroid dienone is 2. The molecule has 0 heterocycles. The molecule has 2 fully saturated rings. The van der Waals surface area contributed by atoms with Gasteiger partial charge in [-0.15, -0.1) is 0 Å². The van der Waals surface area contributed by atoms with Crippen LogP contribution in [0.5, 0.6) is 0 Å². The van der Waals surface area contributed by atoms with Crippen LogP contribution in [0.3, 0.4) is 0 Å². The highest BCUT2D eigenvalue weighted by Crippen LogP contribution is 2.42. The third-order valence-corrected chi connectivity index (χ3v) is 7.76. The van der Waals surface area contributed by atoms with Gasteiger partial charge in [0.25, 0.3) is 0 Å². The standard InChI is InChI=1S/C27H37F5/c1-2-3-4-5-6-19-7-9-20(10-8-19)11-12-21-13-15-22(16-14-21)23-17-24(28)26(25(29)18-23)27(30,31)32/h3-4,17-22H,2,5-16H2,1H3/b4-3+. The molecule has 2 aliphatic carbocycles. The lowest BCUT2D eigenvalue weighted by atomic mass is 9.74. The normalized spacial score (nSPS) is 27.2. The number of benzene rings is 1. The monoisotopic (exact) mass is 456 g/mol. The Morgan fingerprint density at radius 2 is 1.22 bits per heavy atom. The molecule has 3 rings (SSSR count). The minimum absolute atomic E-state index is 0.0465. The second-order valence-corrected chi connectivity index (χ2v) is 10.00. The van der Waals surface area contributed by atoms with E-state index in [0.29, 0.717) is 11.5 Å². The first-order valence-corrected chi connectivity index (χ1v) is 12.5. The third-order valence-electron chi connectivity index (χ3n) is 7.76. The Kier molecular flexibility index (Phi) is 9.19. The van der Waals surface area contributed by atoms with E-state index in [4.69, 9.17) is 0 Å². The maximum atomic E-state index is 13.9. The average molecular weight is 457 g/mol. The van der Waals surface area contributed by atoms with E-state index in [-0.39, 0.29) is 5.92 Å². The van der Waals surface area contributed by atoms with Crippen LogP contribution in [-0.2, 0) is 6.18 Å². The highest BCUT2D eigenvalue weighted by atomic mass is 19.4. The Bertz CT molecular complexity index is 712. The van der Waals surface area contributed by atoms with Crippen molar-refractivity contribution in [2.24, 2.45) is 17.8 Å². The SMILES string of the molecule is CC/C=C/CCC1CCC(CCC2CCC(c3cc(F)c(C(F)(F)F)c(F)c3)CC2)CC1. The van der Waals surface area contributed by atoms with Gasteiger partial charge in [0.1, 0.15) is 17.2 Å². The van der Waals surface area contributed by atoms with Gasteiger partial charge in [0.05, 0.1) is 0 Å². The lowest BCUT2D eigenvalue weighted by Crippen LogP contribution is -2.18. The highest BCUT2D eigenvalue weighted by Gasteiger charge is 2.38. The maximum Gasteiger partial charge on any atom is 0.422 e. The lowest BCUT2D eigenvalue weighted by Gasteiger charge is -2.32. The molecule has 0 spiro atoms. The molecule has 0 amide bonds. The predicted molar refractivity (Wildman–Crippen MR) is 119 cm³/mol. The van der Waals surface area contributed by atoms with Crippen molar-refractivity contribution in [1.82, 2.24) is 0 Å². The van der Waals surface area contributed by atoms with Crippen molar-refractivity contribution in [3.8, 4) is 0 Å². The second-order valence-electron chi connectivity index (χ2n) is 10.00. The fourth-order valence-electron chi connectivity index (χ4n) is 5.78. The number of hydrogen-bond donors (Lipinski definition) is 0. The maximum absolute atomic E-state index is 13.9. The zero-order valence-corrected chi connectivity index (χ0v) is 19.2. The van der Waals surface area contributed by atoms with E-state index in [1.807, 2.05) is 0 Å². The summed E-state index contributed by atoms with van der Waals surface area (Å²) in [6, 6.07) is 1.79. The molecule has 0 unspecified atom stereocenters. The highest BCUT2D eigenvalue weighted by molar-refractivity contribution is 5.30. The molecule has 0 saturated heterocycles. The first-order chi connectivity index (χ1) is 15.3. The van der Waals surface area contributed by atoms with E-state index >= 15 is 0 Å². The van der Waals surface area contributed by atoms with Gasteiger partial charge in [-0.2, -0.15) is 13.2 Å². The molecule has 2 aliphatic rings. The van der Waals surface area contributed by atoms with Crippen LogP contribution in [0.15, 0.2) is 24.3 Å². The van der Waals surface area contributed by atoms with E-state index in [2.05, 4.69) is 19.1 Å². The molecule has 0 aromatic heterocycles. The summed E-state index contributed by atoms with van der Waals surface area (Å²) < 4.78 is 66.2. The quantitative estimate of drug-likeness (QED) is 0.270. The number of halogens is 5. The summed E-state index contributed by atoms with van der Waals surface area (Å²) >= 11 is 0. The Balaban J connectivity index is 1.39. The molecule has 0 atom stereocenters. The summed E-state index contributed by atoms with van der Waals surface area (Å²) in [6.45, 7) is 2.17. The van der Waals surface area contributed by atoms with Gasteiger partial charge in [-0.1, -0.05) is 57.6 Å². The first kappa shape index (κ1) is 25.2. The van der Waals surface area contributed by atoms with Crippen molar-refractivity contribution in [2.45, 2.75) is 102 Å². The van der Waals surface area contributed by atoms with Crippen LogP contribution in [-0.4, -0.2) is 0 Å². The van der Waals surface area contributed by atoms with Crippen LogP contribution in [0.25, 0.3) is 0 Å². The Morgan fingerprint density at radius 3 is 1.69 bits per heavy atom. The zero-order valence-electron chi connectivity index (χ0n) is 19.2. The average Bonchev–Trinajstić information content (AvgIpc) is 2.75. The summed E-state index contributed by atoms with van der Waals surface area (Å²) in [7, 11) is 0. The molecule has 5 heteroatoms. The van der Waals surface area contributed by atoms with E-state index < -0.39 is 23.4 Å². The minimum Gasteiger partial charge on any atom is -0.206 e. The molecule has 1 aromatic carbocycles. The molecule has 1 aromatic rings. The van der Waals surface area contributed by atoms with Crippen molar-refractivity contribution in [3.63, 3.8) is 0 Å². The topological polar surface area (TPSA) is 0 Å². The number of rotatable bonds is 8. The van der Waals surface area contributed by atoms with Crippen LogP contribution in [0.4, 0.5) is 22.0 Å². The molecular formula is C27H37F5. The minimum atomic E-state index is -5.00. The van der Waals surface area contributed by atoms with Gasteiger partial charge in [0, 0.05) is 0 Å². The molecular weight excluding hydrogens is 419 g/mol.